The summed E-state index contributed by atoms with van der Waals surface area (Å²) in [5.74, 6) is 1.61. The molecule has 2 aliphatic rings. The maximum absolute atomic E-state index is 13.8. The van der Waals surface area contributed by atoms with E-state index in [4.69, 9.17) is 9.72 Å². The number of carbonyl (C=O) groups excluding carboxylic acids is 1. The number of carbonyl (C=O) groups is 2. The van der Waals surface area contributed by atoms with Crippen LogP contribution in [0.25, 0.3) is 5.52 Å². The van der Waals surface area contributed by atoms with Crippen LogP contribution < -0.4 is 10.2 Å². The number of carboxylic acid groups (broad SMARTS) is 1. The Labute approximate surface area is 214 Å². The van der Waals surface area contributed by atoms with Gasteiger partial charge in [-0.3, -0.25) is 14.8 Å². The van der Waals surface area contributed by atoms with Crippen LogP contribution >= 0.6 is 0 Å². The van der Waals surface area contributed by atoms with Crippen LogP contribution in [-0.2, 0) is 9.53 Å². The molecule has 0 aromatic carbocycles. The molecule has 3 aromatic rings. The number of H-pyrrole nitrogens is 1. The van der Waals surface area contributed by atoms with Crippen molar-refractivity contribution < 1.29 is 19.4 Å². The Morgan fingerprint density at radius 3 is 2.59 bits per heavy atom. The van der Waals surface area contributed by atoms with Gasteiger partial charge in [-0.25, -0.2) is 9.31 Å². The van der Waals surface area contributed by atoms with Crippen LogP contribution in [0, 0.1) is 6.92 Å². The first kappa shape index (κ1) is 24.8. The predicted octanol–water partition coefficient (Wildman–Crippen LogP) is 2.09. The van der Waals surface area contributed by atoms with Crippen molar-refractivity contribution in [3.8, 4) is 0 Å². The molecular weight excluding hydrogens is 478 g/mol. The zero-order valence-corrected chi connectivity index (χ0v) is 21.6. The van der Waals surface area contributed by atoms with Gasteiger partial charge in [0.15, 0.2) is 17.2 Å². The van der Waals surface area contributed by atoms with Crippen LogP contribution in [0.3, 0.4) is 0 Å². The predicted molar refractivity (Wildman–Crippen MR) is 136 cm³/mol. The molecule has 2 fully saturated rings. The number of piperazine rings is 1. The van der Waals surface area contributed by atoms with Crippen LogP contribution in [0.1, 0.15) is 32.9 Å². The van der Waals surface area contributed by atoms with Crippen LogP contribution in [0.2, 0.25) is 0 Å². The monoisotopic (exact) mass is 511 g/mol. The molecular formula is C24H33N9O4. The molecule has 37 heavy (non-hydrogen) atoms. The van der Waals surface area contributed by atoms with Crippen molar-refractivity contribution in [3.05, 3.63) is 30.1 Å². The molecule has 0 aliphatic carbocycles. The fourth-order valence-electron chi connectivity index (χ4n) is 5.26. The lowest BCUT2D eigenvalue weighted by molar-refractivity contribution is -0.147. The Morgan fingerprint density at radius 1 is 1.24 bits per heavy atom. The van der Waals surface area contributed by atoms with Gasteiger partial charge in [-0.1, -0.05) is 0 Å². The van der Waals surface area contributed by atoms with Gasteiger partial charge in [0, 0.05) is 62.7 Å². The second-order valence-electron chi connectivity index (χ2n) is 10.6. The van der Waals surface area contributed by atoms with Crippen molar-refractivity contribution in [2.75, 3.05) is 49.6 Å². The quantitative estimate of drug-likeness (QED) is 0.469. The van der Waals surface area contributed by atoms with Gasteiger partial charge < -0.3 is 25.0 Å². The third kappa shape index (κ3) is 4.54. The summed E-state index contributed by atoms with van der Waals surface area (Å²) in [5, 5.41) is 25.1. The van der Waals surface area contributed by atoms with Gasteiger partial charge in [0.25, 0.3) is 5.91 Å². The molecule has 1 unspecified atom stereocenters. The zero-order valence-electron chi connectivity index (χ0n) is 21.6. The highest BCUT2D eigenvalue weighted by Crippen LogP contribution is 2.35. The molecule has 0 radical (unpaired) electrons. The molecule has 3 N–H and O–H groups in total. The van der Waals surface area contributed by atoms with Gasteiger partial charge in [-0.05, 0) is 39.8 Å². The Bertz CT molecular complexity index is 1300. The SMILES string of the molecule is Cc1cc(Nc2nc(N3CCN(C(=O)C4(N(C(=O)O)C(C)(C)C)CCOC4)CC3)nn3cccc23)n[nH]1. The Kier molecular flexibility index (Phi) is 6.18. The molecule has 13 heteroatoms. The summed E-state index contributed by atoms with van der Waals surface area (Å²) in [4.78, 5) is 35.9. The Hall–Kier alpha value is -3.87. The average molecular weight is 512 g/mol. The summed E-state index contributed by atoms with van der Waals surface area (Å²) >= 11 is 0. The Balaban J connectivity index is 1.35. The van der Waals surface area contributed by atoms with E-state index in [0.717, 1.165) is 11.2 Å². The van der Waals surface area contributed by atoms with E-state index < -0.39 is 17.2 Å². The van der Waals surface area contributed by atoms with Crippen LogP contribution in [0.15, 0.2) is 24.4 Å². The molecule has 2 aliphatic heterocycles. The van der Waals surface area contributed by atoms with Crippen LogP contribution in [0.5, 0.6) is 0 Å². The lowest BCUT2D eigenvalue weighted by Crippen LogP contribution is -2.68. The van der Waals surface area contributed by atoms with E-state index in [2.05, 4.69) is 20.6 Å². The maximum Gasteiger partial charge on any atom is 0.408 e. The van der Waals surface area contributed by atoms with Gasteiger partial charge in [0.1, 0.15) is 5.52 Å². The molecule has 0 saturated carbocycles. The van der Waals surface area contributed by atoms with Crippen molar-refractivity contribution >= 4 is 35.1 Å². The second-order valence-corrected chi connectivity index (χ2v) is 10.6. The minimum absolute atomic E-state index is 0.0602. The van der Waals surface area contributed by atoms with E-state index in [-0.39, 0.29) is 12.5 Å². The molecule has 3 aromatic heterocycles. The van der Waals surface area contributed by atoms with Gasteiger partial charge in [-0.15, -0.1) is 5.10 Å². The van der Waals surface area contributed by atoms with E-state index >= 15 is 0 Å². The molecule has 13 nitrogen and oxygen atoms in total. The average Bonchev–Trinajstić information content (AvgIpc) is 3.59. The Morgan fingerprint density at radius 2 is 2.00 bits per heavy atom. The number of aromatic nitrogens is 5. The highest BCUT2D eigenvalue weighted by atomic mass is 16.5. The largest absolute Gasteiger partial charge is 0.465 e. The third-order valence-corrected chi connectivity index (χ3v) is 6.87. The van der Waals surface area contributed by atoms with Crippen molar-refractivity contribution in [2.24, 2.45) is 0 Å². The summed E-state index contributed by atoms with van der Waals surface area (Å²) in [5.41, 5.74) is -0.238. The van der Waals surface area contributed by atoms with Gasteiger partial charge >= 0.3 is 6.09 Å². The molecule has 5 rings (SSSR count). The number of hydrogen-bond acceptors (Lipinski definition) is 8. The summed E-state index contributed by atoms with van der Waals surface area (Å²) in [6, 6.07) is 5.72. The van der Waals surface area contributed by atoms with E-state index in [1.807, 2.05) is 36.2 Å². The maximum atomic E-state index is 13.8. The number of aromatic amines is 1. The van der Waals surface area contributed by atoms with Crippen molar-refractivity contribution in [1.82, 2.24) is 34.6 Å². The first-order valence-electron chi connectivity index (χ1n) is 12.4. The number of anilines is 3. The summed E-state index contributed by atoms with van der Waals surface area (Å²) < 4.78 is 7.35. The molecule has 5 heterocycles. The van der Waals surface area contributed by atoms with Gasteiger partial charge in [0.2, 0.25) is 5.95 Å². The van der Waals surface area contributed by atoms with E-state index in [1.54, 1.807) is 30.2 Å². The number of nitrogens with one attached hydrogen (secondary N) is 2. The number of ether oxygens (including phenoxy) is 1. The van der Waals surface area contributed by atoms with Crippen LogP contribution in [-0.4, -0.2) is 102 Å². The number of fused-ring (bicyclic) bond motifs is 1. The zero-order chi connectivity index (χ0) is 26.4. The normalized spacial score (nSPS) is 20.4. The topological polar surface area (TPSA) is 144 Å². The lowest BCUT2D eigenvalue weighted by Gasteiger charge is -2.47. The molecule has 2 saturated heterocycles. The van der Waals surface area contributed by atoms with E-state index in [0.29, 0.717) is 56.8 Å². The van der Waals surface area contributed by atoms with Crippen molar-refractivity contribution in [1.29, 1.82) is 0 Å². The van der Waals surface area contributed by atoms with Crippen LogP contribution in [0.4, 0.5) is 22.4 Å². The number of hydrogen-bond donors (Lipinski definition) is 3. The highest BCUT2D eigenvalue weighted by molar-refractivity contribution is 5.91. The number of rotatable bonds is 5. The first-order valence-corrected chi connectivity index (χ1v) is 12.4. The number of amides is 2. The molecule has 2 amide bonds. The molecule has 0 spiro atoms. The smallest absolute Gasteiger partial charge is 0.408 e. The fraction of sp³-hybridized carbons (Fsp3) is 0.542. The third-order valence-electron chi connectivity index (χ3n) is 6.87. The molecule has 198 valence electrons. The van der Waals surface area contributed by atoms with Crippen molar-refractivity contribution in [3.63, 3.8) is 0 Å². The summed E-state index contributed by atoms with van der Waals surface area (Å²) in [7, 11) is 0. The number of aryl methyl sites for hydroxylation is 1. The minimum Gasteiger partial charge on any atom is -0.465 e. The molecule has 0 bridgehead atoms. The summed E-state index contributed by atoms with van der Waals surface area (Å²) in [6.45, 7) is 9.62. The number of nitrogens with zero attached hydrogens (tertiary/aromatic N) is 7. The van der Waals surface area contributed by atoms with E-state index in [9.17, 15) is 14.7 Å². The summed E-state index contributed by atoms with van der Waals surface area (Å²) in [6.07, 6.45) is 1.08. The minimum atomic E-state index is -1.23. The lowest BCUT2D eigenvalue weighted by atomic mass is 9.88. The van der Waals surface area contributed by atoms with Gasteiger partial charge in [-0.2, -0.15) is 10.1 Å². The van der Waals surface area contributed by atoms with E-state index in [1.165, 1.54) is 4.90 Å². The van der Waals surface area contributed by atoms with Crippen molar-refractivity contribution in [2.45, 2.75) is 45.2 Å². The molecule has 1 atom stereocenters. The highest BCUT2D eigenvalue weighted by Gasteiger charge is 2.55. The standard InChI is InChI=1S/C24H33N9O4/c1-16-14-18(28-27-16)25-19-17-6-5-8-32(17)29-21(26-19)31-11-9-30(10-12-31)20(34)24(7-13-37-15-24)33(22(35)36)23(2,3)4/h5-6,8,14H,7,9-13,15H2,1-4H3,(H,35,36)(H2,25,26,27,28,29). The fourth-order valence-corrected chi connectivity index (χ4v) is 5.26. The van der Waals surface area contributed by atoms with Gasteiger partial charge in [0.05, 0.1) is 6.61 Å². The first-order chi connectivity index (χ1) is 17.6. The second kappa shape index (κ2) is 9.21.